The van der Waals surface area contributed by atoms with Crippen molar-refractivity contribution in [2.45, 2.75) is 137 Å². The summed E-state index contributed by atoms with van der Waals surface area (Å²) in [4.78, 5) is 87.3. The smallest absolute Gasteiger partial charge is 0.303 e. The molecule has 1 saturated heterocycles. The molecule has 1 N–H and O–H groups in total. The molecule has 0 bridgehead atoms. The normalized spacial score (nSPS) is 28.4. The van der Waals surface area contributed by atoms with E-state index in [0.717, 1.165) is 27.7 Å². The average Bonchev–Trinajstić information content (AvgIpc) is 3.04. The van der Waals surface area contributed by atoms with Crippen LogP contribution in [0.5, 0.6) is 11.5 Å². The quantitative estimate of drug-likeness (QED) is 0.251. The number of carbonyl (C=O) groups excluding carboxylic acids is 7. The van der Waals surface area contributed by atoms with Crippen molar-refractivity contribution in [3.63, 3.8) is 0 Å². The van der Waals surface area contributed by atoms with Crippen LogP contribution in [0.1, 0.15) is 117 Å². The van der Waals surface area contributed by atoms with E-state index in [2.05, 4.69) is 0 Å². The second-order valence-electron chi connectivity index (χ2n) is 14.9. The first kappa shape index (κ1) is 42.0. The minimum absolute atomic E-state index is 0.0526. The van der Waals surface area contributed by atoms with Gasteiger partial charge in [0, 0.05) is 75.5 Å². The van der Waals surface area contributed by atoms with Crippen molar-refractivity contribution < 1.29 is 76.6 Å². The van der Waals surface area contributed by atoms with Crippen LogP contribution in [0.3, 0.4) is 0 Å². The zero-order valence-electron chi connectivity index (χ0n) is 32.3. The molecule has 298 valence electrons. The number of benzene rings is 1. The van der Waals surface area contributed by atoms with Crippen LogP contribution < -0.4 is 4.74 Å². The third-order valence-electron chi connectivity index (χ3n) is 10.3. The Labute approximate surface area is 313 Å². The van der Waals surface area contributed by atoms with Gasteiger partial charge in [-0.3, -0.25) is 33.6 Å². The molecular weight excluding hydrogens is 712 g/mol. The van der Waals surface area contributed by atoms with Crippen LogP contribution in [0, 0.1) is 11.3 Å². The molecule has 1 aromatic rings. The molecule has 8 atom stereocenters. The topological polar surface area (TPSA) is 214 Å². The van der Waals surface area contributed by atoms with E-state index in [1.807, 2.05) is 13.8 Å². The number of phenols is 1. The second-order valence-corrected chi connectivity index (χ2v) is 14.9. The van der Waals surface area contributed by atoms with Gasteiger partial charge in [0.25, 0.3) is 0 Å². The number of carbonyl (C=O) groups is 7. The average molecular weight is 763 g/mol. The number of aromatic hydroxyl groups is 1. The van der Waals surface area contributed by atoms with Gasteiger partial charge < -0.3 is 43.0 Å². The van der Waals surface area contributed by atoms with Crippen LogP contribution in [0.25, 0.3) is 0 Å². The Morgan fingerprint density at radius 2 is 1.37 bits per heavy atom. The highest BCUT2D eigenvalue weighted by Gasteiger charge is 2.61. The van der Waals surface area contributed by atoms with Crippen LogP contribution in [0.4, 0.5) is 0 Å². The Bertz CT molecular complexity index is 1680. The van der Waals surface area contributed by atoms with Gasteiger partial charge in [0.2, 0.25) is 12.4 Å². The number of esters is 6. The summed E-state index contributed by atoms with van der Waals surface area (Å²) in [5, 5.41) is 12.6. The monoisotopic (exact) mass is 762 g/mol. The summed E-state index contributed by atoms with van der Waals surface area (Å²) in [7, 11) is 0. The zero-order chi connectivity index (χ0) is 40.4. The van der Waals surface area contributed by atoms with E-state index < -0.39 is 102 Å². The maximum Gasteiger partial charge on any atom is 0.303 e. The predicted octanol–water partition coefficient (Wildman–Crippen LogP) is 3.79. The van der Waals surface area contributed by atoms with Gasteiger partial charge in [0.15, 0.2) is 23.7 Å². The summed E-state index contributed by atoms with van der Waals surface area (Å²) >= 11 is 0. The first-order valence-electron chi connectivity index (χ1n) is 17.8. The Morgan fingerprint density at radius 3 is 1.91 bits per heavy atom. The van der Waals surface area contributed by atoms with Crippen molar-refractivity contribution >= 4 is 41.6 Å². The minimum Gasteiger partial charge on any atom is -0.504 e. The maximum atomic E-state index is 13.4. The molecule has 1 heterocycles. The molecule has 2 fully saturated rings. The summed E-state index contributed by atoms with van der Waals surface area (Å²) in [6.45, 7) is 13.3. The van der Waals surface area contributed by atoms with Crippen LogP contribution >= 0.6 is 0 Å². The summed E-state index contributed by atoms with van der Waals surface area (Å²) < 4.78 is 46.0. The molecule has 54 heavy (non-hydrogen) atoms. The van der Waals surface area contributed by atoms with Crippen molar-refractivity contribution in [3.05, 3.63) is 22.8 Å². The number of fused-ring (bicyclic) bond motifs is 3. The lowest BCUT2D eigenvalue weighted by atomic mass is 9.48. The molecule has 0 aromatic heterocycles. The number of hydrogen-bond donors (Lipinski definition) is 1. The van der Waals surface area contributed by atoms with E-state index in [1.165, 1.54) is 13.8 Å². The van der Waals surface area contributed by atoms with Crippen molar-refractivity contribution in [2.75, 3.05) is 13.2 Å². The lowest BCUT2D eigenvalue weighted by Crippen LogP contribution is -2.63. The lowest BCUT2D eigenvalue weighted by molar-refractivity contribution is -0.288. The summed E-state index contributed by atoms with van der Waals surface area (Å²) in [5.74, 6) is -6.04. The van der Waals surface area contributed by atoms with E-state index in [-0.39, 0.29) is 48.9 Å². The van der Waals surface area contributed by atoms with Gasteiger partial charge in [-0.1, -0.05) is 27.7 Å². The molecule has 0 spiro atoms. The molecule has 16 heteroatoms. The van der Waals surface area contributed by atoms with Crippen LogP contribution in [-0.4, -0.2) is 90.6 Å². The number of phenolic OH excluding ortho intramolecular Hbond substituents is 1. The first-order chi connectivity index (χ1) is 25.1. The van der Waals surface area contributed by atoms with Crippen molar-refractivity contribution in [1.29, 1.82) is 0 Å². The first-order valence-corrected chi connectivity index (χ1v) is 17.8. The molecule has 4 rings (SSSR count). The lowest BCUT2D eigenvalue weighted by Gasteiger charge is -2.55. The van der Waals surface area contributed by atoms with Gasteiger partial charge in [-0.2, -0.15) is 0 Å². The Morgan fingerprint density at radius 1 is 0.815 bits per heavy atom. The standard InChI is InChI=1S/C38H50O16/c1-17(2)24-13-25-26(49-20(5)41)14-28-37(9,10)29(45)11-12-38(28,16-48-19(4)40)30(25)31(46)32(24)54-36-35(52-23(8)44)34(51-22(7)43)33(50-21(6)42)27(53-36)15-47-18(3)39/h13,17,26-28,33-36,46H,11-12,14-16H2,1-10H3/t26-,27+,28-,33+,34-,35+,36-,38+/m0/s1. The highest BCUT2D eigenvalue weighted by molar-refractivity contribution is 5.86. The van der Waals surface area contributed by atoms with E-state index in [1.54, 1.807) is 19.9 Å². The third kappa shape index (κ3) is 8.63. The number of hydrogen-bond acceptors (Lipinski definition) is 16. The van der Waals surface area contributed by atoms with Crippen molar-refractivity contribution in [2.24, 2.45) is 11.3 Å². The molecule has 1 aliphatic heterocycles. The highest BCUT2D eigenvalue weighted by atomic mass is 16.7. The largest absolute Gasteiger partial charge is 0.504 e. The second kappa shape index (κ2) is 16.3. The van der Waals surface area contributed by atoms with E-state index in [4.69, 9.17) is 37.9 Å². The van der Waals surface area contributed by atoms with E-state index in [9.17, 15) is 38.7 Å². The Kier molecular flexibility index (Phi) is 12.7. The summed E-state index contributed by atoms with van der Waals surface area (Å²) in [6, 6.07) is 1.71. The third-order valence-corrected chi connectivity index (χ3v) is 10.3. The fourth-order valence-corrected chi connectivity index (χ4v) is 8.09. The molecule has 3 aliphatic rings. The Hall–Kier alpha value is -4.73. The van der Waals surface area contributed by atoms with Gasteiger partial charge in [-0.15, -0.1) is 0 Å². The molecule has 0 amide bonds. The number of rotatable bonds is 11. The molecule has 0 radical (unpaired) electrons. The van der Waals surface area contributed by atoms with Gasteiger partial charge in [0.05, 0.1) is 0 Å². The number of Topliss-reactive ketones (excluding diaryl/α,β-unsaturated/α-hetero) is 1. The number of ketones is 1. The summed E-state index contributed by atoms with van der Waals surface area (Å²) in [6.07, 6.45) is -8.11. The zero-order valence-corrected chi connectivity index (χ0v) is 32.3. The van der Waals surface area contributed by atoms with E-state index in [0.29, 0.717) is 11.1 Å². The molecule has 1 saturated carbocycles. The molecule has 2 aliphatic carbocycles. The summed E-state index contributed by atoms with van der Waals surface area (Å²) in [5.41, 5.74) is -1.14. The van der Waals surface area contributed by atoms with Crippen LogP contribution in [-0.2, 0) is 72.1 Å². The van der Waals surface area contributed by atoms with E-state index >= 15 is 0 Å². The maximum absolute atomic E-state index is 13.4. The fraction of sp³-hybridized carbons (Fsp3) is 0.658. The fourth-order valence-electron chi connectivity index (χ4n) is 8.09. The minimum atomic E-state index is -1.69. The Balaban J connectivity index is 2.01. The molecular formula is C38H50O16. The molecule has 1 aromatic carbocycles. The van der Waals surface area contributed by atoms with Gasteiger partial charge in [0.1, 0.15) is 31.2 Å². The van der Waals surface area contributed by atoms with Gasteiger partial charge >= 0.3 is 35.8 Å². The molecule has 16 nitrogen and oxygen atoms in total. The van der Waals surface area contributed by atoms with Gasteiger partial charge in [-0.25, -0.2) is 0 Å². The number of ether oxygens (including phenoxy) is 8. The van der Waals surface area contributed by atoms with Crippen molar-refractivity contribution in [1.82, 2.24) is 0 Å². The van der Waals surface area contributed by atoms with Crippen LogP contribution in [0.2, 0.25) is 0 Å². The predicted molar refractivity (Wildman–Crippen MR) is 184 cm³/mol. The van der Waals surface area contributed by atoms with Crippen LogP contribution in [0.15, 0.2) is 6.07 Å². The highest BCUT2D eigenvalue weighted by Crippen LogP contribution is 2.63. The SMILES string of the molecule is CC(=O)OC[C@H]1O[C@@H](Oc2c(C(C)C)cc3c(c2O)[C@@]2(COC(C)=O)CCC(=O)C(C)(C)[C@@H]2C[C@@H]3OC(C)=O)[C@H](OC(C)=O)[C@@H](OC(C)=O)[C@@H]1OC(C)=O. The van der Waals surface area contributed by atoms with Gasteiger partial charge in [-0.05, 0) is 30.7 Å². The van der Waals surface area contributed by atoms with Crippen molar-refractivity contribution in [3.8, 4) is 11.5 Å². The molecule has 0 unspecified atom stereocenters.